The normalized spacial score (nSPS) is 15.3. The third kappa shape index (κ3) is 2.69. The number of halogens is 1. The molecule has 1 aliphatic rings. The summed E-state index contributed by atoms with van der Waals surface area (Å²) in [7, 11) is 0. The molecule has 0 amide bonds. The number of pyridine rings is 1. The Labute approximate surface area is 98.8 Å². The highest BCUT2D eigenvalue weighted by Crippen LogP contribution is 2.35. The van der Waals surface area contributed by atoms with Crippen molar-refractivity contribution in [2.24, 2.45) is 5.73 Å². The maximum absolute atomic E-state index is 5.56. The summed E-state index contributed by atoms with van der Waals surface area (Å²) < 4.78 is 1.08. The van der Waals surface area contributed by atoms with E-state index in [0.29, 0.717) is 0 Å². The smallest absolute Gasteiger partial charge is 0.0592 e. The lowest BCUT2D eigenvalue weighted by Crippen LogP contribution is -2.28. The molecule has 0 saturated heterocycles. The van der Waals surface area contributed by atoms with E-state index in [1.807, 2.05) is 12.4 Å². The van der Waals surface area contributed by atoms with Crippen LogP contribution in [0.1, 0.15) is 19.3 Å². The quantitative estimate of drug-likeness (QED) is 0.891. The zero-order valence-electron chi connectivity index (χ0n) is 8.69. The van der Waals surface area contributed by atoms with Crippen LogP contribution in [0.15, 0.2) is 22.9 Å². The highest BCUT2D eigenvalue weighted by atomic mass is 79.9. The third-order valence-corrected chi connectivity index (χ3v) is 3.26. The first kappa shape index (κ1) is 10.9. The van der Waals surface area contributed by atoms with Gasteiger partial charge in [-0.1, -0.05) is 0 Å². The van der Waals surface area contributed by atoms with E-state index in [0.717, 1.165) is 30.0 Å². The van der Waals surface area contributed by atoms with Crippen molar-refractivity contribution < 1.29 is 0 Å². The molecular weight excluding hydrogens is 254 g/mol. The van der Waals surface area contributed by atoms with Crippen molar-refractivity contribution >= 4 is 21.6 Å². The summed E-state index contributed by atoms with van der Waals surface area (Å²) >= 11 is 3.55. The highest BCUT2D eigenvalue weighted by molar-refractivity contribution is 9.10. The summed E-state index contributed by atoms with van der Waals surface area (Å²) in [6.07, 6.45) is 7.36. The van der Waals surface area contributed by atoms with E-state index in [2.05, 4.69) is 31.9 Å². The standard InChI is InChI=1S/C11H16BrN3/c12-10-8-14-6-4-11(10)15(7-1-5-13)9-2-3-9/h4,6,8-9H,1-3,5,7,13H2. The predicted octanol–water partition coefficient (Wildman–Crippen LogP) is 2.16. The fourth-order valence-corrected chi connectivity index (χ4v) is 2.23. The molecule has 1 aromatic heterocycles. The first-order valence-electron chi connectivity index (χ1n) is 5.39. The van der Waals surface area contributed by atoms with Gasteiger partial charge < -0.3 is 10.6 Å². The monoisotopic (exact) mass is 269 g/mol. The van der Waals surface area contributed by atoms with Crippen LogP contribution >= 0.6 is 15.9 Å². The maximum Gasteiger partial charge on any atom is 0.0592 e. The minimum absolute atomic E-state index is 0.718. The van der Waals surface area contributed by atoms with Crippen molar-refractivity contribution in [2.75, 3.05) is 18.0 Å². The topological polar surface area (TPSA) is 42.1 Å². The van der Waals surface area contributed by atoms with Crippen LogP contribution in [0.3, 0.4) is 0 Å². The number of hydrogen-bond acceptors (Lipinski definition) is 3. The van der Waals surface area contributed by atoms with Gasteiger partial charge in [0.05, 0.1) is 10.2 Å². The van der Waals surface area contributed by atoms with Gasteiger partial charge in [-0.3, -0.25) is 4.98 Å². The molecule has 0 aromatic carbocycles. The van der Waals surface area contributed by atoms with Gasteiger partial charge in [-0.05, 0) is 47.8 Å². The Morgan fingerprint density at radius 3 is 2.93 bits per heavy atom. The largest absolute Gasteiger partial charge is 0.367 e. The van der Waals surface area contributed by atoms with Crippen molar-refractivity contribution in [1.29, 1.82) is 0 Å². The number of anilines is 1. The van der Waals surface area contributed by atoms with Gasteiger partial charge in [-0.25, -0.2) is 0 Å². The zero-order valence-corrected chi connectivity index (χ0v) is 10.3. The average molecular weight is 270 g/mol. The average Bonchev–Trinajstić information content (AvgIpc) is 3.05. The fraction of sp³-hybridized carbons (Fsp3) is 0.545. The fourth-order valence-electron chi connectivity index (χ4n) is 1.75. The summed E-state index contributed by atoms with van der Waals surface area (Å²) in [5, 5.41) is 0. The van der Waals surface area contributed by atoms with E-state index in [-0.39, 0.29) is 0 Å². The summed E-state index contributed by atoms with van der Waals surface area (Å²) in [4.78, 5) is 6.53. The van der Waals surface area contributed by atoms with Gasteiger partial charge >= 0.3 is 0 Å². The Morgan fingerprint density at radius 1 is 1.53 bits per heavy atom. The molecule has 0 bridgehead atoms. The van der Waals surface area contributed by atoms with Gasteiger partial charge in [-0.2, -0.15) is 0 Å². The Morgan fingerprint density at radius 2 is 2.33 bits per heavy atom. The Balaban J connectivity index is 2.13. The van der Waals surface area contributed by atoms with Gasteiger partial charge in [0.2, 0.25) is 0 Å². The Kier molecular flexibility index (Phi) is 3.59. The summed E-state index contributed by atoms with van der Waals surface area (Å²) in [5.74, 6) is 0. The third-order valence-electron chi connectivity index (χ3n) is 2.65. The zero-order chi connectivity index (χ0) is 10.7. The number of hydrogen-bond donors (Lipinski definition) is 1. The van der Waals surface area contributed by atoms with Crippen molar-refractivity contribution in [3.05, 3.63) is 22.9 Å². The second-order valence-electron chi connectivity index (χ2n) is 3.89. The van der Waals surface area contributed by atoms with Crippen molar-refractivity contribution in [3.63, 3.8) is 0 Å². The lowest BCUT2D eigenvalue weighted by molar-refractivity contribution is 0.730. The molecule has 0 aliphatic heterocycles. The summed E-state index contributed by atoms with van der Waals surface area (Å²) in [6.45, 7) is 1.80. The molecule has 1 fully saturated rings. The minimum Gasteiger partial charge on any atom is -0.367 e. The van der Waals surface area contributed by atoms with E-state index >= 15 is 0 Å². The molecule has 0 atom stereocenters. The van der Waals surface area contributed by atoms with Crippen LogP contribution in [0.5, 0.6) is 0 Å². The summed E-state index contributed by atoms with van der Waals surface area (Å²) in [6, 6.07) is 2.79. The number of rotatable bonds is 5. The molecule has 0 unspecified atom stereocenters. The Hall–Kier alpha value is -0.610. The molecule has 0 radical (unpaired) electrons. The molecule has 1 aliphatic carbocycles. The Bertz CT molecular complexity index is 325. The van der Waals surface area contributed by atoms with Crippen LogP contribution in [0.4, 0.5) is 5.69 Å². The molecule has 3 nitrogen and oxygen atoms in total. The van der Waals surface area contributed by atoms with Gasteiger partial charge in [0.15, 0.2) is 0 Å². The van der Waals surface area contributed by atoms with Crippen LogP contribution < -0.4 is 10.6 Å². The van der Waals surface area contributed by atoms with Crippen molar-refractivity contribution in [3.8, 4) is 0 Å². The van der Waals surface area contributed by atoms with Crippen LogP contribution in [0, 0.1) is 0 Å². The first-order chi connectivity index (χ1) is 7.33. The van der Waals surface area contributed by atoms with Crippen LogP contribution in [-0.4, -0.2) is 24.1 Å². The molecular formula is C11H16BrN3. The highest BCUT2D eigenvalue weighted by Gasteiger charge is 2.29. The number of nitrogens with zero attached hydrogens (tertiary/aromatic N) is 2. The molecule has 1 saturated carbocycles. The van der Waals surface area contributed by atoms with E-state index in [1.54, 1.807) is 0 Å². The van der Waals surface area contributed by atoms with E-state index in [1.165, 1.54) is 18.5 Å². The number of aromatic nitrogens is 1. The van der Waals surface area contributed by atoms with E-state index in [9.17, 15) is 0 Å². The molecule has 82 valence electrons. The SMILES string of the molecule is NCCCN(c1ccncc1Br)C1CC1. The van der Waals surface area contributed by atoms with E-state index < -0.39 is 0 Å². The van der Waals surface area contributed by atoms with Gasteiger partial charge in [-0.15, -0.1) is 0 Å². The first-order valence-corrected chi connectivity index (χ1v) is 6.18. The molecule has 4 heteroatoms. The van der Waals surface area contributed by atoms with Crippen molar-refractivity contribution in [1.82, 2.24) is 4.98 Å². The lowest BCUT2D eigenvalue weighted by atomic mass is 10.3. The molecule has 15 heavy (non-hydrogen) atoms. The molecule has 2 N–H and O–H groups in total. The van der Waals surface area contributed by atoms with Gasteiger partial charge in [0.1, 0.15) is 0 Å². The summed E-state index contributed by atoms with van der Waals surface area (Å²) in [5.41, 5.74) is 6.81. The molecule has 0 spiro atoms. The maximum atomic E-state index is 5.56. The van der Waals surface area contributed by atoms with Crippen LogP contribution in [0.25, 0.3) is 0 Å². The van der Waals surface area contributed by atoms with Crippen molar-refractivity contribution in [2.45, 2.75) is 25.3 Å². The molecule has 1 heterocycles. The second-order valence-corrected chi connectivity index (χ2v) is 4.75. The minimum atomic E-state index is 0.718. The van der Waals surface area contributed by atoms with E-state index in [4.69, 9.17) is 5.73 Å². The van der Waals surface area contributed by atoms with Crippen LogP contribution in [-0.2, 0) is 0 Å². The predicted molar refractivity (Wildman–Crippen MR) is 66.0 cm³/mol. The van der Waals surface area contributed by atoms with Gasteiger partial charge in [0.25, 0.3) is 0 Å². The molecule has 1 aromatic rings. The molecule has 2 rings (SSSR count). The van der Waals surface area contributed by atoms with Gasteiger partial charge in [0, 0.05) is 25.0 Å². The number of nitrogens with two attached hydrogens (primary N) is 1. The lowest BCUT2D eigenvalue weighted by Gasteiger charge is -2.25. The van der Waals surface area contributed by atoms with Crippen LogP contribution in [0.2, 0.25) is 0 Å². The second kappa shape index (κ2) is 4.94.